The number of aryl methyl sites for hydroxylation is 1. The van der Waals surface area contributed by atoms with Crippen LogP contribution in [0.15, 0.2) is 54.6 Å². The lowest BCUT2D eigenvalue weighted by Gasteiger charge is -2.07. The van der Waals surface area contributed by atoms with E-state index in [1.807, 2.05) is 18.2 Å². The quantitative estimate of drug-likeness (QED) is 0.754. The van der Waals surface area contributed by atoms with Crippen molar-refractivity contribution in [1.82, 2.24) is 5.32 Å². The molecule has 6 nitrogen and oxygen atoms in total. The van der Waals surface area contributed by atoms with Crippen molar-refractivity contribution >= 4 is 21.8 Å². The second kappa shape index (κ2) is 8.35. The van der Waals surface area contributed by atoms with Gasteiger partial charge in [-0.05, 0) is 42.7 Å². The van der Waals surface area contributed by atoms with Crippen molar-refractivity contribution in [2.45, 2.75) is 12.8 Å². The van der Waals surface area contributed by atoms with Gasteiger partial charge in [0.15, 0.2) is 0 Å². The number of hydrogen-bond donors (Lipinski definition) is 2. The Bertz CT molecular complexity index is 759. The third-order valence-corrected chi connectivity index (χ3v) is 3.73. The van der Waals surface area contributed by atoms with Gasteiger partial charge in [0.05, 0.1) is 6.26 Å². The van der Waals surface area contributed by atoms with Crippen LogP contribution in [-0.4, -0.2) is 27.3 Å². The summed E-state index contributed by atoms with van der Waals surface area (Å²) in [5.74, 6) is 0.504. The molecule has 0 unspecified atom stereocenters. The molecule has 0 saturated heterocycles. The zero-order valence-electron chi connectivity index (χ0n) is 13.4. The van der Waals surface area contributed by atoms with Gasteiger partial charge < -0.3 is 10.1 Å². The largest absolute Gasteiger partial charge is 0.412 e. The molecule has 2 rings (SSSR count). The van der Waals surface area contributed by atoms with Gasteiger partial charge in [-0.25, -0.2) is 13.2 Å². The number of sulfonamides is 1. The molecular formula is C17H20N2O4S. The van der Waals surface area contributed by atoms with E-state index in [4.69, 9.17) is 4.74 Å². The average Bonchev–Trinajstić information content (AvgIpc) is 2.53. The number of nitrogens with one attached hydrogen (secondary N) is 2. The van der Waals surface area contributed by atoms with Gasteiger partial charge in [-0.1, -0.05) is 30.3 Å². The molecule has 2 aromatic carbocycles. The van der Waals surface area contributed by atoms with Crippen LogP contribution in [0.5, 0.6) is 5.75 Å². The summed E-state index contributed by atoms with van der Waals surface area (Å²) < 4.78 is 29.8. The maximum Gasteiger partial charge on any atom is 0.412 e. The molecule has 2 aromatic rings. The van der Waals surface area contributed by atoms with Crippen LogP contribution in [-0.2, 0) is 16.4 Å². The van der Waals surface area contributed by atoms with E-state index in [9.17, 15) is 13.2 Å². The minimum atomic E-state index is -3.26. The van der Waals surface area contributed by atoms with Crippen LogP contribution in [0.3, 0.4) is 0 Å². The lowest BCUT2D eigenvalue weighted by atomic mass is 10.1. The van der Waals surface area contributed by atoms with Gasteiger partial charge in [0.2, 0.25) is 10.0 Å². The van der Waals surface area contributed by atoms with Gasteiger partial charge in [-0.2, -0.15) is 0 Å². The van der Waals surface area contributed by atoms with Crippen LogP contribution in [0, 0.1) is 0 Å². The molecule has 0 heterocycles. The second-order valence-electron chi connectivity index (χ2n) is 5.30. The highest BCUT2D eigenvalue weighted by molar-refractivity contribution is 7.92. The fourth-order valence-corrected chi connectivity index (χ4v) is 2.63. The second-order valence-corrected chi connectivity index (χ2v) is 7.05. The molecule has 0 aromatic heterocycles. The topological polar surface area (TPSA) is 84.5 Å². The van der Waals surface area contributed by atoms with Gasteiger partial charge in [0, 0.05) is 12.2 Å². The Morgan fingerprint density at radius 1 is 1.04 bits per heavy atom. The summed E-state index contributed by atoms with van der Waals surface area (Å²) in [5.41, 5.74) is 1.60. The summed E-state index contributed by atoms with van der Waals surface area (Å²) in [4.78, 5) is 11.6. The molecule has 0 aliphatic heterocycles. The summed E-state index contributed by atoms with van der Waals surface area (Å²) >= 11 is 0. The fourth-order valence-electron chi connectivity index (χ4n) is 2.07. The zero-order chi connectivity index (χ0) is 17.4. The molecule has 1 amide bonds. The summed E-state index contributed by atoms with van der Waals surface area (Å²) in [6.07, 6.45) is 2.16. The van der Waals surface area contributed by atoms with Crippen molar-refractivity contribution in [3.8, 4) is 5.75 Å². The molecule has 128 valence electrons. The van der Waals surface area contributed by atoms with Gasteiger partial charge >= 0.3 is 6.09 Å². The van der Waals surface area contributed by atoms with Gasteiger partial charge in [-0.3, -0.25) is 4.72 Å². The Balaban J connectivity index is 1.69. The Labute approximate surface area is 141 Å². The van der Waals surface area contributed by atoms with Crippen LogP contribution in [0.4, 0.5) is 10.5 Å². The van der Waals surface area contributed by atoms with Crippen molar-refractivity contribution in [2.24, 2.45) is 0 Å². The van der Waals surface area contributed by atoms with Gasteiger partial charge in [0.25, 0.3) is 0 Å². The molecular weight excluding hydrogens is 328 g/mol. The normalized spacial score (nSPS) is 10.9. The highest BCUT2D eigenvalue weighted by Crippen LogP contribution is 2.12. The highest BCUT2D eigenvalue weighted by atomic mass is 32.2. The zero-order valence-corrected chi connectivity index (χ0v) is 14.2. The molecule has 2 N–H and O–H groups in total. The minimum absolute atomic E-state index is 0.478. The summed E-state index contributed by atoms with van der Waals surface area (Å²) in [6, 6.07) is 16.0. The maximum absolute atomic E-state index is 11.6. The number of anilines is 1. The van der Waals surface area contributed by atoms with Crippen molar-refractivity contribution in [1.29, 1.82) is 0 Å². The van der Waals surface area contributed by atoms with Gasteiger partial charge in [0.1, 0.15) is 5.75 Å². The monoisotopic (exact) mass is 348 g/mol. The van der Waals surface area contributed by atoms with Crippen LogP contribution in [0.2, 0.25) is 0 Å². The van der Waals surface area contributed by atoms with E-state index in [2.05, 4.69) is 10.0 Å². The Morgan fingerprint density at radius 2 is 1.71 bits per heavy atom. The molecule has 24 heavy (non-hydrogen) atoms. The first-order valence-corrected chi connectivity index (χ1v) is 9.39. The third-order valence-electron chi connectivity index (χ3n) is 3.12. The van der Waals surface area contributed by atoms with E-state index in [0.717, 1.165) is 24.7 Å². The van der Waals surface area contributed by atoms with Crippen LogP contribution < -0.4 is 14.8 Å². The summed E-state index contributed by atoms with van der Waals surface area (Å²) in [7, 11) is -3.26. The number of para-hydroxylation sites is 1. The number of ether oxygens (including phenoxy) is 1. The molecule has 0 spiro atoms. The molecule has 0 bridgehead atoms. The van der Waals surface area contributed by atoms with Crippen molar-refractivity contribution in [3.05, 3.63) is 60.2 Å². The first kappa shape index (κ1) is 17.8. The lowest BCUT2D eigenvalue weighted by molar-refractivity contribution is 0.200. The van der Waals surface area contributed by atoms with Crippen LogP contribution in [0.25, 0.3) is 0 Å². The molecule has 0 atom stereocenters. The summed E-state index contributed by atoms with van der Waals surface area (Å²) in [6.45, 7) is 0.495. The molecule has 0 saturated carbocycles. The smallest absolute Gasteiger partial charge is 0.410 e. The predicted octanol–water partition coefficient (Wildman–Crippen LogP) is 2.78. The number of hydrogen-bond acceptors (Lipinski definition) is 4. The average molecular weight is 348 g/mol. The predicted molar refractivity (Wildman–Crippen MR) is 93.7 cm³/mol. The van der Waals surface area contributed by atoms with Gasteiger partial charge in [-0.15, -0.1) is 0 Å². The number of rotatable bonds is 7. The van der Waals surface area contributed by atoms with E-state index in [1.54, 1.807) is 36.4 Å². The van der Waals surface area contributed by atoms with E-state index in [-0.39, 0.29) is 0 Å². The van der Waals surface area contributed by atoms with E-state index in [1.165, 1.54) is 0 Å². The van der Waals surface area contributed by atoms with Crippen molar-refractivity contribution in [2.75, 3.05) is 17.5 Å². The third kappa shape index (κ3) is 6.70. The Morgan fingerprint density at radius 3 is 2.33 bits per heavy atom. The molecule has 0 aliphatic carbocycles. The number of benzene rings is 2. The van der Waals surface area contributed by atoms with E-state index in [0.29, 0.717) is 18.0 Å². The Kier molecular flexibility index (Phi) is 6.20. The number of carbonyl (C=O) groups excluding carboxylic acids is 1. The first-order chi connectivity index (χ1) is 11.4. The summed E-state index contributed by atoms with van der Waals surface area (Å²) in [5, 5.41) is 2.69. The maximum atomic E-state index is 11.6. The highest BCUT2D eigenvalue weighted by Gasteiger charge is 2.04. The van der Waals surface area contributed by atoms with Crippen molar-refractivity contribution < 1.29 is 17.9 Å². The van der Waals surface area contributed by atoms with E-state index < -0.39 is 16.1 Å². The lowest BCUT2D eigenvalue weighted by Crippen LogP contribution is -2.27. The fraction of sp³-hybridized carbons (Fsp3) is 0.235. The first-order valence-electron chi connectivity index (χ1n) is 7.50. The van der Waals surface area contributed by atoms with Crippen LogP contribution in [0.1, 0.15) is 12.0 Å². The molecule has 0 fully saturated rings. The number of amides is 1. The van der Waals surface area contributed by atoms with Crippen molar-refractivity contribution in [3.63, 3.8) is 0 Å². The number of carbonyl (C=O) groups is 1. The SMILES string of the molecule is CS(=O)(=O)Nc1ccc(CCCNC(=O)Oc2ccccc2)cc1. The molecule has 0 radical (unpaired) electrons. The standard InChI is InChI=1S/C17H20N2O4S/c1-24(21,22)19-15-11-9-14(10-12-15)6-5-13-18-17(20)23-16-7-3-2-4-8-16/h2-4,7-12,19H,5-6,13H2,1H3,(H,18,20). The van der Waals surface area contributed by atoms with Crippen LogP contribution >= 0.6 is 0 Å². The molecule has 0 aliphatic rings. The van der Waals surface area contributed by atoms with E-state index >= 15 is 0 Å². The molecule has 7 heteroatoms. The minimum Gasteiger partial charge on any atom is -0.410 e. The Hall–Kier alpha value is -2.54.